The molecule has 0 aliphatic carbocycles. The van der Waals surface area contributed by atoms with E-state index < -0.39 is 0 Å². The molecule has 0 bridgehead atoms. The number of anilines is 1. The second-order valence-corrected chi connectivity index (χ2v) is 7.59. The fraction of sp³-hybridized carbons (Fsp3) is 0.318. The van der Waals surface area contributed by atoms with Crippen LogP contribution in [0.5, 0.6) is 5.75 Å². The molecule has 2 aromatic carbocycles. The van der Waals surface area contributed by atoms with Crippen molar-refractivity contribution in [3.63, 3.8) is 0 Å². The van der Waals surface area contributed by atoms with E-state index in [4.69, 9.17) is 21.1 Å². The van der Waals surface area contributed by atoms with Crippen LogP contribution in [0.4, 0.5) is 5.69 Å². The number of nitrogens with zero attached hydrogens (tertiary/aromatic N) is 5. The molecule has 0 unspecified atom stereocenters. The number of para-hydroxylation sites is 2. The molecule has 9 heteroatoms. The molecule has 31 heavy (non-hydrogen) atoms. The molecule has 0 amide bonds. The highest BCUT2D eigenvalue weighted by Gasteiger charge is 2.21. The Labute approximate surface area is 186 Å². The van der Waals surface area contributed by atoms with Gasteiger partial charge >= 0.3 is 0 Å². The second-order valence-electron chi connectivity index (χ2n) is 7.15. The van der Waals surface area contributed by atoms with Crippen LogP contribution < -0.4 is 10.2 Å². The van der Waals surface area contributed by atoms with Gasteiger partial charge in [-0.25, -0.2) is 4.99 Å². The topological polar surface area (TPSA) is 90.0 Å². The predicted molar refractivity (Wildman–Crippen MR) is 121 cm³/mol. The van der Waals surface area contributed by atoms with E-state index in [0.717, 1.165) is 49.9 Å². The summed E-state index contributed by atoms with van der Waals surface area (Å²) in [6.07, 6.45) is 0. The van der Waals surface area contributed by atoms with Crippen LogP contribution in [0.15, 0.2) is 58.0 Å². The average molecular weight is 441 g/mol. The van der Waals surface area contributed by atoms with E-state index in [1.54, 1.807) is 18.2 Å². The van der Waals surface area contributed by atoms with Crippen molar-refractivity contribution in [1.82, 2.24) is 20.4 Å². The van der Waals surface area contributed by atoms with Gasteiger partial charge in [0.2, 0.25) is 11.7 Å². The van der Waals surface area contributed by atoms with Crippen LogP contribution in [-0.4, -0.2) is 58.8 Å². The van der Waals surface area contributed by atoms with Crippen molar-refractivity contribution in [3.8, 4) is 17.1 Å². The zero-order chi connectivity index (χ0) is 21.6. The Hall–Kier alpha value is -3.26. The molecule has 2 N–H and O–H groups in total. The molecule has 1 saturated heterocycles. The van der Waals surface area contributed by atoms with Gasteiger partial charge < -0.3 is 24.7 Å². The highest BCUT2D eigenvalue weighted by Crippen LogP contribution is 2.27. The molecule has 3 aromatic rings. The number of aromatic hydroxyl groups is 1. The highest BCUT2D eigenvalue weighted by molar-refractivity contribution is 6.30. The summed E-state index contributed by atoms with van der Waals surface area (Å²) in [7, 11) is 0. The zero-order valence-corrected chi connectivity index (χ0v) is 18.1. The molecule has 0 spiro atoms. The first kappa shape index (κ1) is 21.0. The van der Waals surface area contributed by atoms with E-state index in [-0.39, 0.29) is 0 Å². The fourth-order valence-electron chi connectivity index (χ4n) is 3.49. The van der Waals surface area contributed by atoms with Crippen LogP contribution in [0.2, 0.25) is 5.02 Å². The SMILES string of the molecule is CCNC(=NCc1nc(-c2ccc(Cl)cc2)no1)N1CCN(c2ccccc2O)CC1. The first-order chi connectivity index (χ1) is 15.1. The summed E-state index contributed by atoms with van der Waals surface area (Å²) in [4.78, 5) is 13.5. The third-order valence-corrected chi connectivity index (χ3v) is 5.32. The van der Waals surface area contributed by atoms with Gasteiger partial charge in [-0.05, 0) is 43.3 Å². The Morgan fingerprint density at radius 3 is 2.58 bits per heavy atom. The predicted octanol–water partition coefficient (Wildman–Crippen LogP) is 3.38. The maximum Gasteiger partial charge on any atom is 0.248 e. The summed E-state index contributed by atoms with van der Waals surface area (Å²) in [5.74, 6) is 2.09. The molecule has 0 saturated carbocycles. The standard InChI is InChI=1S/C22H25ClN6O2/c1-2-24-22(29-13-11-28(12-14-29)18-5-3-4-6-19(18)30)25-15-20-26-21(27-31-20)16-7-9-17(23)10-8-16/h3-10,30H,2,11-15H2,1H3,(H,24,25). The molecular weight excluding hydrogens is 416 g/mol. The Balaban J connectivity index is 1.40. The van der Waals surface area contributed by atoms with Crippen LogP contribution in [-0.2, 0) is 6.54 Å². The molecule has 2 heterocycles. The number of halogens is 1. The van der Waals surface area contributed by atoms with Crippen molar-refractivity contribution < 1.29 is 9.63 Å². The van der Waals surface area contributed by atoms with E-state index in [1.165, 1.54) is 0 Å². The Morgan fingerprint density at radius 2 is 1.87 bits per heavy atom. The molecule has 1 aliphatic heterocycles. The van der Waals surface area contributed by atoms with Crippen molar-refractivity contribution in [2.24, 2.45) is 4.99 Å². The molecule has 8 nitrogen and oxygen atoms in total. The van der Waals surface area contributed by atoms with Crippen LogP contribution in [0.3, 0.4) is 0 Å². The monoisotopic (exact) mass is 440 g/mol. The molecule has 1 aliphatic rings. The summed E-state index contributed by atoms with van der Waals surface area (Å²) in [6, 6.07) is 14.7. The highest BCUT2D eigenvalue weighted by atomic mass is 35.5. The molecule has 1 aromatic heterocycles. The van der Waals surface area contributed by atoms with Gasteiger partial charge in [0.25, 0.3) is 0 Å². The zero-order valence-electron chi connectivity index (χ0n) is 17.3. The van der Waals surface area contributed by atoms with Crippen LogP contribution in [0.25, 0.3) is 11.4 Å². The Bertz CT molecular complexity index is 1030. The van der Waals surface area contributed by atoms with Crippen LogP contribution in [0.1, 0.15) is 12.8 Å². The van der Waals surface area contributed by atoms with Gasteiger partial charge in [-0.1, -0.05) is 28.9 Å². The average Bonchev–Trinajstić information content (AvgIpc) is 3.27. The number of phenols is 1. The lowest BCUT2D eigenvalue weighted by Gasteiger charge is -2.37. The van der Waals surface area contributed by atoms with E-state index >= 15 is 0 Å². The van der Waals surface area contributed by atoms with Crippen LogP contribution >= 0.6 is 11.6 Å². The third kappa shape index (κ3) is 5.08. The number of benzene rings is 2. The smallest absolute Gasteiger partial charge is 0.248 e. The first-order valence-electron chi connectivity index (χ1n) is 10.3. The van der Waals surface area contributed by atoms with Crippen molar-refractivity contribution in [1.29, 1.82) is 0 Å². The lowest BCUT2D eigenvalue weighted by Crippen LogP contribution is -2.52. The number of guanidine groups is 1. The lowest BCUT2D eigenvalue weighted by molar-refractivity contribution is 0.363. The number of rotatable bonds is 5. The van der Waals surface area contributed by atoms with E-state index in [0.29, 0.717) is 29.0 Å². The van der Waals surface area contributed by atoms with Gasteiger partial charge in [-0.15, -0.1) is 0 Å². The number of hydrogen-bond acceptors (Lipinski definition) is 6. The first-order valence-corrected chi connectivity index (χ1v) is 10.7. The fourth-order valence-corrected chi connectivity index (χ4v) is 3.62. The second kappa shape index (κ2) is 9.70. The van der Waals surface area contributed by atoms with Gasteiger partial charge in [-0.2, -0.15) is 4.98 Å². The van der Waals surface area contributed by atoms with Crippen molar-refractivity contribution in [3.05, 3.63) is 59.4 Å². The van der Waals surface area contributed by atoms with E-state index in [9.17, 15) is 5.11 Å². The molecule has 0 atom stereocenters. The summed E-state index contributed by atoms with van der Waals surface area (Å²) in [5, 5.41) is 18.1. The summed E-state index contributed by atoms with van der Waals surface area (Å²) >= 11 is 5.93. The van der Waals surface area contributed by atoms with Crippen molar-refractivity contribution >= 4 is 23.2 Å². The number of nitrogens with one attached hydrogen (secondary N) is 1. The molecular formula is C22H25ClN6O2. The number of aromatic nitrogens is 2. The summed E-state index contributed by atoms with van der Waals surface area (Å²) < 4.78 is 5.37. The van der Waals surface area contributed by atoms with Gasteiger partial charge in [0.1, 0.15) is 12.3 Å². The maximum absolute atomic E-state index is 10.1. The maximum atomic E-state index is 10.1. The minimum atomic E-state index is 0.294. The largest absolute Gasteiger partial charge is 0.506 e. The van der Waals surface area contributed by atoms with Crippen LogP contribution in [0, 0.1) is 0 Å². The van der Waals surface area contributed by atoms with Crippen molar-refractivity contribution in [2.45, 2.75) is 13.5 Å². The Kier molecular flexibility index (Phi) is 6.57. The van der Waals surface area contributed by atoms with Gasteiger partial charge in [0, 0.05) is 43.3 Å². The molecule has 1 fully saturated rings. The van der Waals surface area contributed by atoms with E-state index in [1.807, 2.05) is 37.3 Å². The summed E-state index contributed by atoms with van der Waals surface area (Å²) in [6.45, 7) is 6.27. The van der Waals surface area contributed by atoms with Crippen molar-refractivity contribution in [2.75, 3.05) is 37.6 Å². The summed E-state index contributed by atoms with van der Waals surface area (Å²) in [5.41, 5.74) is 1.71. The third-order valence-electron chi connectivity index (χ3n) is 5.07. The minimum Gasteiger partial charge on any atom is -0.506 e. The minimum absolute atomic E-state index is 0.294. The Morgan fingerprint density at radius 1 is 1.13 bits per heavy atom. The van der Waals surface area contributed by atoms with E-state index in [2.05, 4.69) is 25.3 Å². The lowest BCUT2D eigenvalue weighted by atomic mass is 10.2. The quantitative estimate of drug-likeness (QED) is 0.464. The number of phenolic OH excluding ortho intramolecular Hbond substituents is 1. The normalized spacial score (nSPS) is 14.7. The van der Waals surface area contributed by atoms with Gasteiger partial charge in [-0.3, -0.25) is 0 Å². The molecule has 4 rings (SSSR count). The van der Waals surface area contributed by atoms with Gasteiger partial charge in [0.05, 0.1) is 5.69 Å². The molecule has 162 valence electrons. The number of aliphatic imine (C=N–C) groups is 1. The molecule has 0 radical (unpaired) electrons. The number of piperazine rings is 1. The number of hydrogen-bond donors (Lipinski definition) is 2. The van der Waals surface area contributed by atoms with Gasteiger partial charge in [0.15, 0.2) is 5.96 Å².